The van der Waals surface area contributed by atoms with Crippen LogP contribution in [-0.2, 0) is 24.4 Å². The van der Waals surface area contributed by atoms with Gasteiger partial charge in [-0.2, -0.15) is 8.78 Å². The van der Waals surface area contributed by atoms with Gasteiger partial charge >= 0.3 is 43.5 Å². The number of halogens is 3. The third-order valence-corrected chi connectivity index (χ3v) is 7.55. The van der Waals surface area contributed by atoms with Crippen LogP contribution in [0.1, 0.15) is 13.3 Å². The molecule has 0 amide bonds. The predicted molar refractivity (Wildman–Crippen MR) is 110 cm³/mol. The predicted octanol–water partition coefficient (Wildman–Crippen LogP) is -1.47. The summed E-state index contributed by atoms with van der Waals surface area (Å²) in [5.74, 6) is -4.67. The van der Waals surface area contributed by atoms with Gasteiger partial charge in [-0.3, -0.25) is 0 Å². The molecule has 2 aromatic rings. The minimum atomic E-state index is -5.28. The second kappa shape index (κ2) is 11.8. The summed E-state index contributed by atoms with van der Waals surface area (Å²) in [4.78, 5) is 3.82. The van der Waals surface area contributed by atoms with Crippen LogP contribution in [0, 0.1) is 0 Å². The number of benzene rings is 2. The van der Waals surface area contributed by atoms with Gasteiger partial charge in [0.2, 0.25) is 0 Å². The van der Waals surface area contributed by atoms with Gasteiger partial charge in [0, 0.05) is 13.1 Å². The normalized spacial score (nSPS) is 14.5. The summed E-state index contributed by atoms with van der Waals surface area (Å²) in [7, 11) is -9.96. The van der Waals surface area contributed by atoms with E-state index in [0.717, 1.165) is 35.7 Å². The van der Waals surface area contributed by atoms with Gasteiger partial charge in [-0.1, -0.05) is 39.3 Å². The van der Waals surface area contributed by atoms with E-state index in [4.69, 9.17) is 0 Å². The summed E-state index contributed by atoms with van der Waals surface area (Å²) in [6.07, 6.45) is 0.876. The molecule has 0 saturated heterocycles. The molecule has 0 N–H and O–H groups in total. The second-order valence-corrected chi connectivity index (χ2v) is 10.2. The smallest absolute Gasteiger partial charge is 0.338 e. The topological polar surface area (TPSA) is 79.3 Å². The Morgan fingerprint density at radius 1 is 0.875 bits per heavy atom. The standard InChI is InChI=1S/C18H20F3N3O4S2.2Li/c1-2-11-23-14-7-3-5-9-16(14)24(17-10-6-4-8-15(17)23)12-13-29(25,26)22-30(27,28-21)18(19)20;;/h3-10,18H,2,11-13H2,1H3;;/q;2*+1. The Balaban J connectivity index is 0.00000256. The van der Waals surface area contributed by atoms with E-state index in [9.17, 15) is 25.9 Å². The van der Waals surface area contributed by atoms with Crippen LogP contribution >= 0.6 is 0 Å². The summed E-state index contributed by atoms with van der Waals surface area (Å²) in [6.45, 7) is 2.60. The van der Waals surface area contributed by atoms with Crippen molar-refractivity contribution >= 4 is 42.8 Å². The Morgan fingerprint density at radius 2 is 1.28 bits per heavy atom. The zero-order valence-corrected chi connectivity index (χ0v) is 19.6. The van der Waals surface area contributed by atoms with Crippen LogP contribution in [0.15, 0.2) is 52.3 Å². The van der Waals surface area contributed by atoms with E-state index >= 15 is 0 Å². The first-order valence-corrected chi connectivity index (χ1v) is 12.1. The zero-order chi connectivity index (χ0) is 21.9. The first kappa shape index (κ1) is 28.9. The molecule has 0 radical (unpaired) electrons. The molecule has 0 fully saturated rings. The van der Waals surface area contributed by atoms with Crippen molar-refractivity contribution < 1.29 is 68.0 Å². The summed E-state index contributed by atoms with van der Waals surface area (Å²) >= 11 is 0. The van der Waals surface area contributed by atoms with Crippen molar-refractivity contribution in [3.63, 3.8) is 0 Å². The fourth-order valence-electron chi connectivity index (χ4n) is 3.28. The number of rotatable bonds is 8. The molecule has 1 aliphatic heterocycles. The van der Waals surface area contributed by atoms with E-state index < -0.39 is 31.5 Å². The monoisotopic (exact) mass is 477 g/mol. The average molecular weight is 477 g/mol. The van der Waals surface area contributed by atoms with Crippen LogP contribution in [0.2, 0.25) is 0 Å². The molecule has 1 unspecified atom stereocenters. The molecule has 0 saturated carbocycles. The maximum atomic E-state index is 12.7. The molecule has 0 aromatic heterocycles. The molecule has 32 heavy (non-hydrogen) atoms. The first-order chi connectivity index (χ1) is 14.2. The molecule has 0 bridgehead atoms. The number of sulfonamides is 1. The van der Waals surface area contributed by atoms with Gasteiger partial charge in [0.15, 0.2) is 0 Å². The Bertz CT molecular complexity index is 1100. The van der Waals surface area contributed by atoms with Crippen LogP contribution in [0.3, 0.4) is 0 Å². The van der Waals surface area contributed by atoms with E-state index in [1.54, 1.807) is 17.0 Å². The third-order valence-electron chi connectivity index (χ3n) is 4.48. The van der Waals surface area contributed by atoms with Crippen molar-refractivity contribution in [2.45, 2.75) is 19.1 Å². The van der Waals surface area contributed by atoms with Gasteiger partial charge in [-0.05, 0) is 35.2 Å². The summed E-state index contributed by atoms with van der Waals surface area (Å²) in [5, 5.41) is 0. The number of fused-ring (bicyclic) bond motifs is 2. The van der Waals surface area contributed by atoms with Gasteiger partial charge in [0.1, 0.15) is 0 Å². The molecule has 2 aromatic carbocycles. The Morgan fingerprint density at radius 3 is 1.62 bits per heavy atom. The largest absolute Gasteiger partial charge is 1.00 e. The number of anilines is 4. The van der Waals surface area contributed by atoms with Crippen molar-refractivity contribution in [3.8, 4) is 0 Å². The van der Waals surface area contributed by atoms with E-state index in [2.05, 4.69) is 13.1 Å². The summed E-state index contributed by atoms with van der Waals surface area (Å²) in [6, 6.07) is 14.7. The average Bonchev–Trinajstić information content (AvgIpc) is 2.72. The summed E-state index contributed by atoms with van der Waals surface area (Å²) < 4.78 is 78.8. The molecule has 1 aliphatic rings. The number of para-hydroxylation sites is 4. The number of alkyl halides is 2. The van der Waals surface area contributed by atoms with Gasteiger partial charge < -0.3 is 9.80 Å². The Kier molecular flexibility index (Phi) is 10.7. The number of hydrogen-bond donors (Lipinski definition) is 0. The van der Waals surface area contributed by atoms with E-state index in [0.29, 0.717) is 0 Å². The van der Waals surface area contributed by atoms with Gasteiger partial charge in [0.05, 0.1) is 28.5 Å². The fraction of sp³-hybridized carbons (Fsp3) is 0.333. The van der Waals surface area contributed by atoms with Crippen LogP contribution in [0.25, 0.3) is 0 Å². The molecule has 14 heteroatoms. The van der Waals surface area contributed by atoms with Crippen LogP contribution < -0.4 is 47.5 Å². The van der Waals surface area contributed by atoms with Crippen molar-refractivity contribution in [1.82, 2.24) is 0 Å². The van der Waals surface area contributed by atoms with E-state index in [1.165, 1.54) is 0 Å². The maximum Gasteiger partial charge on any atom is 1.00 e. The number of hydrogen-bond acceptors (Lipinski definition) is 6. The SMILES string of the molecule is CCCN1c2ccccc2N(CCS(=O)(=O)N=S(=O)(OF)C(F)F)c2ccccc21.[Li+].[Li+]. The quantitative estimate of drug-likeness (QED) is 0.433. The molecule has 164 valence electrons. The molecule has 7 nitrogen and oxygen atoms in total. The molecule has 1 heterocycles. The van der Waals surface area contributed by atoms with Crippen molar-refractivity contribution in [3.05, 3.63) is 48.5 Å². The first-order valence-electron chi connectivity index (χ1n) is 9.04. The molecule has 1 atom stereocenters. The van der Waals surface area contributed by atoms with Gasteiger partial charge in [-0.25, -0.2) is 12.6 Å². The minimum absolute atomic E-state index is 0. The van der Waals surface area contributed by atoms with E-state index in [1.807, 2.05) is 43.3 Å². The second-order valence-electron chi connectivity index (χ2n) is 6.48. The van der Waals surface area contributed by atoms with Crippen molar-refractivity contribution in [2.75, 3.05) is 28.6 Å². The van der Waals surface area contributed by atoms with E-state index in [-0.39, 0.29) is 44.3 Å². The van der Waals surface area contributed by atoms with Gasteiger partial charge in [0.25, 0.3) is 20.0 Å². The van der Waals surface area contributed by atoms with Crippen molar-refractivity contribution in [2.24, 2.45) is 3.77 Å². The number of nitrogens with zero attached hydrogens (tertiary/aromatic N) is 3. The maximum absolute atomic E-state index is 12.7. The van der Waals surface area contributed by atoms with Crippen LogP contribution in [0.5, 0.6) is 0 Å². The molecule has 0 spiro atoms. The van der Waals surface area contributed by atoms with Gasteiger partial charge in [-0.15, -0.1) is 0 Å². The fourth-order valence-corrected chi connectivity index (χ4v) is 5.66. The van der Waals surface area contributed by atoms with Crippen molar-refractivity contribution in [1.29, 1.82) is 0 Å². The zero-order valence-electron chi connectivity index (χ0n) is 17.9. The third kappa shape index (κ3) is 6.06. The molecule has 0 aliphatic carbocycles. The molecule has 3 rings (SSSR count). The molecular formula is C18H20F3Li2N3O4S2+2. The minimum Gasteiger partial charge on any atom is -0.338 e. The van der Waals surface area contributed by atoms with Crippen LogP contribution in [0.4, 0.5) is 36.1 Å². The summed E-state index contributed by atoms with van der Waals surface area (Å²) in [5.41, 5.74) is 3.15. The Hall–Kier alpha value is -1.12. The Labute approximate surface area is 210 Å². The van der Waals surface area contributed by atoms with Crippen LogP contribution in [-0.4, -0.2) is 37.2 Å². The molecular weight excluding hydrogens is 457 g/mol.